The van der Waals surface area contributed by atoms with Crippen LogP contribution in [0.1, 0.15) is 21.5 Å². The normalized spacial score (nSPS) is 10.5. The summed E-state index contributed by atoms with van der Waals surface area (Å²) in [5, 5.41) is 16.4. The van der Waals surface area contributed by atoms with Crippen LogP contribution in [0, 0.1) is 0 Å². The smallest absolute Gasteiger partial charge is 0.253 e. The molecule has 3 rings (SSSR count). The van der Waals surface area contributed by atoms with E-state index in [-0.39, 0.29) is 12.5 Å². The summed E-state index contributed by atoms with van der Waals surface area (Å²) < 4.78 is 1.66. The van der Waals surface area contributed by atoms with Crippen LogP contribution in [0.3, 0.4) is 0 Å². The summed E-state index contributed by atoms with van der Waals surface area (Å²) >= 11 is 0. The minimum absolute atomic E-state index is 0.0457. The quantitative estimate of drug-likeness (QED) is 0.760. The van der Waals surface area contributed by atoms with E-state index in [0.717, 1.165) is 16.8 Å². The molecule has 0 spiro atoms. The maximum absolute atomic E-state index is 12.5. The first-order valence-corrected chi connectivity index (χ1v) is 7.34. The maximum atomic E-state index is 12.5. The molecule has 0 unspecified atom stereocenters. The van der Waals surface area contributed by atoms with E-state index in [2.05, 4.69) is 10.4 Å². The summed E-state index contributed by atoms with van der Waals surface area (Å²) in [7, 11) is 0. The van der Waals surface area contributed by atoms with E-state index in [1.165, 1.54) is 0 Å². The van der Waals surface area contributed by atoms with Crippen LogP contribution in [0.4, 0.5) is 0 Å². The lowest BCUT2D eigenvalue weighted by Gasteiger charge is -2.12. The highest BCUT2D eigenvalue weighted by Gasteiger charge is 2.12. The zero-order chi connectivity index (χ0) is 16.1. The van der Waals surface area contributed by atoms with Crippen molar-refractivity contribution in [2.24, 2.45) is 0 Å². The van der Waals surface area contributed by atoms with E-state index in [9.17, 15) is 9.90 Å². The molecule has 0 aliphatic heterocycles. The summed E-state index contributed by atoms with van der Waals surface area (Å²) in [6.07, 6.45) is 3.47. The zero-order valence-electron chi connectivity index (χ0n) is 12.5. The number of amides is 1. The number of carbonyl (C=O) groups excluding carboxylic acids is 1. The van der Waals surface area contributed by atoms with Crippen molar-refractivity contribution in [3.63, 3.8) is 0 Å². The van der Waals surface area contributed by atoms with E-state index in [0.29, 0.717) is 12.1 Å². The fourth-order valence-corrected chi connectivity index (χ4v) is 2.43. The van der Waals surface area contributed by atoms with Gasteiger partial charge in [-0.15, -0.1) is 0 Å². The summed E-state index contributed by atoms with van der Waals surface area (Å²) in [6, 6.07) is 16.6. The van der Waals surface area contributed by atoms with Gasteiger partial charge in [0.15, 0.2) is 0 Å². The molecule has 5 heteroatoms. The Labute approximate surface area is 134 Å². The molecule has 1 heterocycles. The Balaban J connectivity index is 1.79. The first-order valence-electron chi connectivity index (χ1n) is 7.34. The van der Waals surface area contributed by atoms with Gasteiger partial charge >= 0.3 is 0 Å². The van der Waals surface area contributed by atoms with Crippen LogP contribution in [0.5, 0.6) is 0 Å². The molecule has 0 fully saturated rings. The molecule has 0 saturated heterocycles. The summed E-state index contributed by atoms with van der Waals surface area (Å²) in [6.45, 7) is 0.318. The van der Waals surface area contributed by atoms with Gasteiger partial charge in [0, 0.05) is 18.9 Å². The predicted molar refractivity (Wildman–Crippen MR) is 87.1 cm³/mol. The second-order valence-electron chi connectivity index (χ2n) is 5.08. The number of aromatic nitrogens is 2. The first-order chi connectivity index (χ1) is 11.3. The largest absolute Gasteiger partial charge is 0.392 e. The lowest BCUT2D eigenvalue weighted by molar-refractivity contribution is 0.0950. The number of aliphatic hydroxyl groups excluding tert-OH is 1. The van der Waals surface area contributed by atoms with Crippen molar-refractivity contribution in [2.45, 2.75) is 13.2 Å². The number of nitrogens with zero attached hydrogens (tertiary/aromatic N) is 2. The van der Waals surface area contributed by atoms with Gasteiger partial charge in [-0.2, -0.15) is 5.10 Å². The number of hydrogen-bond donors (Lipinski definition) is 2. The molecular weight excluding hydrogens is 290 g/mol. The Morgan fingerprint density at radius 1 is 1.04 bits per heavy atom. The molecule has 1 amide bonds. The Hall–Kier alpha value is -2.92. The molecule has 3 aromatic rings. The number of hydrogen-bond acceptors (Lipinski definition) is 3. The fraction of sp³-hybridized carbons (Fsp3) is 0.111. The Bertz CT molecular complexity index is 798. The van der Waals surface area contributed by atoms with Crippen molar-refractivity contribution in [1.82, 2.24) is 15.1 Å². The molecular formula is C18H17N3O2. The molecule has 0 atom stereocenters. The van der Waals surface area contributed by atoms with Crippen LogP contribution in [-0.4, -0.2) is 20.8 Å². The second-order valence-corrected chi connectivity index (χ2v) is 5.08. The molecule has 2 aromatic carbocycles. The van der Waals surface area contributed by atoms with Crippen LogP contribution < -0.4 is 5.32 Å². The highest BCUT2D eigenvalue weighted by molar-refractivity contribution is 5.97. The molecule has 0 saturated carbocycles. The van der Waals surface area contributed by atoms with Crippen molar-refractivity contribution >= 4 is 5.91 Å². The molecule has 0 aliphatic rings. The molecule has 0 radical (unpaired) electrons. The summed E-state index contributed by atoms with van der Waals surface area (Å²) in [5.41, 5.74) is 3.00. The van der Waals surface area contributed by atoms with Crippen LogP contribution >= 0.6 is 0 Å². The first kappa shape index (κ1) is 15.0. The van der Waals surface area contributed by atoms with Crippen molar-refractivity contribution in [3.05, 3.63) is 83.7 Å². The number of aliphatic hydroxyl groups is 1. The SMILES string of the molecule is O=C(NCc1ccccc1CO)c1ccccc1-n1cccn1. The summed E-state index contributed by atoms with van der Waals surface area (Å²) in [5.74, 6) is -0.177. The van der Waals surface area contributed by atoms with Gasteiger partial charge in [0.25, 0.3) is 5.91 Å². The monoisotopic (exact) mass is 307 g/mol. The third-order valence-corrected chi connectivity index (χ3v) is 3.63. The lowest BCUT2D eigenvalue weighted by atomic mass is 10.1. The van der Waals surface area contributed by atoms with E-state index in [4.69, 9.17) is 0 Å². The second kappa shape index (κ2) is 6.89. The number of nitrogens with one attached hydrogen (secondary N) is 1. The maximum Gasteiger partial charge on any atom is 0.253 e. The average molecular weight is 307 g/mol. The van der Waals surface area contributed by atoms with E-state index in [1.807, 2.05) is 48.5 Å². The topological polar surface area (TPSA) is 67.2 Å². The fourth-order valence-electron chi connectivity index (χ4n) is 2.43. The number of rotatable bonds is 5. The third-order valence-electron chi connectivity index (χ3n) is 3.63. The third kappa shape index (κ3) is 3.30. The molecule has 23 heavy (non-hydrogen) atoms. The van der Waals surface area contributed by atoms with Gasteiger partial charge in [-0.1, -0.05) is 36.4 Å². The Morgan fingerprint density at radius 2 is 1.78 bits per heavy atom. The number of carbonyl (C=O) groups is 1. The van der Waals surface area contributed by atoms with Gasteiger partial charge in [-0.3, -0.25) is 4.79 Å². The van der Waals surface area contributed by atoms with Gasteiger partial charge in [-0.25, -0.2) is 4.68 Å². The molecule has 0 bridgehead atoms. The van der Waals surface area contributed by atoms with E-state index < -0.39 is 0 Å². The zero-order valence-corrected chi connectivity index (χ0v) is 12.5. The van der Waals surface area contributed by atoms with Crippen molar-refractivity contribution in [1.29, 1.82) is 0 Å². The van der Waals surface area contributed by atoms with E-state index >= 15 is 0 Å². The van der Waals surface area contributed by atoms with E-state index in [1.54, 1.807) is 23.1 Å². The molecule has 0 aliphatic carbocycles. The van der Waals surface area contributed by atoms with Crippen molar-refractivity contribution in [3.8, 4) is 5.69 Å². The Kier molecular flexibility index (Phi) is 4.49. The molecule has 2 N–H and O–H groups in total. The average Bonchev–Trinajstić information content (AvgIpc) is 3.14. The lowest BCUT2D eigenvalue weighted by Crippen LogP contribution is -2.24. The summed E-state index contributed by atoms with van der Waals surface area (Å²) in [4.78, 5) is 12.5. The van der Waals surface area contributed by atoms with Crippen LogP contribution in [0.2, 0.25) is 0 Å². The number of benzene rings is 2. The molecule has 5 nitrogen and oxygen atoms in total. The van der Waals surface area contributed by atoms with Gasteiger partial charge < -0.3 is 10.4 Å². The minimum Gasteiger partial charge on any atom is -0.392 e. The van der Waals surface area contributed by atoms with Crippen molar-refractivity contribution in [2.75, 3.05) is 0 Å². The van der Waals surface area contributed by atoms with Crippen LogP contribution in [0.15, 0.2) is 67.0 Å². The van der Waals surface area contributed by atoms with Crippen LogP contribution in [-0.2, 0) is 13.2 Å². The van der Waals surface area contributed by atoms with Crippen LogP contribution in [0.25, 0.3) is 5.69 Å². The van der Waals surface area contributed by atoms with Gasteiger partial charge in [0.05, 0.1) is 17.9 Å². The molecule has 116 valence electrons. The predicted octanol–water partition coefficient (Wildman–Crippen LogP) is 2.29. The van der Waals surface area contributed by atoms with Gasteiger partial charge in [0.1, 0.15) is 0 Å². The number of para-hydroxylation sites is 1. The highest BCUT2D eigenvalue weighted by Crippen LogP contribution is 2.14. The highest BCUT2D eigenvalue weighted by atomic mass is 16.3. The molecule has 1 aromatic heterocycles. The van der Waals surface area contributed by atoms with Gasteiger partial charge in [-0.05, 0) is 29.3 Å². The minimum atomic E-state index is -0.177. The standard InChI is InChI=1S/C18H17N3O2/c22-13-15-7-2-1-6-14(15)12-19-18(23)16-8-3-4-9-17(16)21-11-5-10-20-21/h1-11,22H,12-13H2,(H,19,23). The van der Waals surface area contributed by atoms with Crippen molar-refractivity contribution < 1.29 is 9.90 Å². The van der Waals surface area contributed by atoms with Gasteiger partial charge in [0.2, 0.25) is 0 Å². The Morgan fingerprint density at radius 3 is 2.52 bits per heavy atom.